The lowest BCUT2D eigenvalue weighted by Gasteiger charge is -2.17. The van der Waals surface area contributed by atoms with Crippen LogP contribution < -0.4 is 5.32 Å². The van der Waals surface area contributed by atoms with Gasteiger partial charge in [-0.1, -0.05) is 11.8 Å². The molecule has 0 aromatic heterocycles. The van der Waals surface area contributed by atoms with Crippen LogP contribution in [0.25, 0.3) is 0 Å². The Kier molecular flexibility index (Phi) is 6.45. The largest absolute Gasteiger partial charge is 0.480 e. The van der Waals surface area contributed by atoms with Gasteiger partial charge in [0, 0.05) is 0 Å². The summed E-state index contributed by atoms with van der Waals surface area (Å²) in [4.78, 5) is 22.8. The average molecular weight is 208 g/mol. The molecule has 0 bridgehead atoms. The van der Waals surface area contributed by atoms with Gasteiger partial charge in [0.15, 0.2) is 0 Å². The summed E-state index contributed by atoms with van der Waals surface area (Å²) in [7, 11) is 0. The van der Waals surface area contributed by atoms with Crippen LogP contribution in [-0.2, 0) is 9.59 Å². The molecule has 5 heteroatoms. The highest BCUT2D eigenvalue weighted by Gasteiger charge is 2.14. The summed E-state index contributed by atoms with van der Waals surface area (Å²) < 4.78 is 0. The van der Waals surface area contributed by atoms with Gasteiger partial charge >= 0.3 is 5.97 Å². The van der Waals surface area contributed by atoms with Crippen molar-refractivity contribution in [3.63, 3.8) is 0 Å². The van der Waals surface area contributed by atoms with Crippen LogP contribution in [0.15, 0.2) is 0 Å². The average Bonchev–Trinajstić information content (AvgIpc) is 2.17. The molecule has 0 aromatic carbocycles. The first kappa shape index (κ1) is 13.0. The molecule has 0 aliphatic carbocycles. The Labute approximate surface area is 88.4 Å². The van der Waals surface area contributed by atoms with E-state index in [9.17, 15) is 9.59 Å². The molecule has 1 amide bonds. The van der Waals surface area contributed by atoms with Gasteiger partial charge in [0.1, 0.15) is 6.54 Å². The van der Waals surface area contributed by atoms with E-state index < -0.39 is 12.5 Å². The van der Waals surface area contributed by atoms with Crippen LogP contribution in [0, 0.1) is 24.7 Å². The molecule has 80 valence electrons. The molecule has 15 heavy (non-hydrogen) atoms. The number of hydrogen-bond donors (Lipinski definition) is 2. The summed E-state index contributed by atoms with van der Waals surface area (Å²) in [5, 5.41) is 11.2. The molecule has 0 rings (SSSR count). The van der Waals surface area contributed by atoms with Crippen LogP contribution in [-0.4, -0.2) is 48.1 Å². The molecule has 0 fully saturated rings. The number of amides is 1. The van der Waals surface area contributed by atoms with Crippen LogP contribution in [0.3, 0.4) is 0 Å². The van der Waals surface area contributed by atoms with Crippen LogP contribution in [0.4, 0.5) is 0 Å². The van der Waals surface area contributed by atoms with Gasteiger partial charge in [-0.25, -0.2) is 0 Å². The number of carboxylic acids is 1. The van der Waals surface area contributed by atoms with Crippen molar-refractivity contribution in [1.82, 2.24) is 10.2 Å². The van der Waals surface area contributed by atoms with E-state index >= 15 is 0 Å². The van der Waals surface area contributed by atoms with Crippen molar-refractivity contribution in [2.24, 2.45) is 0 Å². The van der Waals surface area contributed by atoms with Crippen molar-refractivity contribution >= 4 is 11.9 Å². The zero-order chi connectivity index (χ0) is 11.7. The maximum absolute atomic E-state index is 11.4. The van der Waals surface area contributed by atoms with Crippen molar-refractivity contribution in [3.8, 4) is 24.7 Å². The van der Waals surface area contributed by atoms with Gasteiger partial charge in [0.05, 0.1) is 19.6 Å². The van der Waals surface area contributed by atoms with E-state index in [-0.39, 0.29) is 25.5 Å². The highest BCUT2D eigenvalue weighted by atomic mass is 16.4. The van der Waals surface area contributed by atoms with Gasteiger partial charge in [0.2, 0.25) is 5.91 Å². The molecular formula is C10H12N2O3. The molecule has 0 spiro atoms. The van der Waals surface area contributed by atoms with Gasteiger partial charge in [-0.05, 0) is 0 Å². The zero-order valence-electron chi connectivity index (χ0n) is 8.19. The van der Waals surface area contributed by atoms with E-state index in [1.807, 2.05) is 0 Å². The molecule has 0 heterocycles. The molecule has 2 N–H and O–H groups in total. The number of nitrogens with zero attached hydrogens (tertiary/aromatic N) is 1. The Balaban J connectivity index is 4.12. The Hall–Kier alpha value is -1.98. The first-order valence-electron chi connectivity index (χ1n) is 4.19. The minimum absolute atomic E-state index is 0.0147. The second-order valence-electron chi connectivity index (χ2n) is 2.66. The van der Waals surface area contributed by atoms with Gasteiger partial charge in [-0.2, -0.15) is 0 Å². The van der Waals surface area contributed by atoms with Crippen LogP contribution >= 0.6 is 0 Å². The molecule has 0 aliphatic rings. The molecule has 5 nitrogen and oxygen atoms in total. The van der Waals surface area contributed by atoms with Crippen molar-refractivity contribution in [3.05, 3.63) is 0 Å². The summed E-state index contributed by atoms with van der Waals surface area (Å²) >= 11 is 0. The number of carboxylic acid groups (broad SMARTS) is 1. The lowest BCUT2D eigenvalue weighted by atomic mass is 10.4. The Morgan fingerprint density at radius 3 is 2.47 bits per heavy atom. The fourth-order valence-electron chi connectivity index (χ4n) is 0.859. The van der Waals surface area contributed by atoms with Crippen LogP contribution in [0.2, 0.25) is 0 Å². The smallest absolute Gasteiger partial charge is 0.323 e. The monoisotopic (exact) mass is 208 g/mol. The van der Waals surface area contributed by atoms with Crippen molar-refractivity contribution in [1.29, 1.82) is 0 Å². The van der Waals surface area contributed by atoms with E-state index in [0.29, 0.717) is 0 Å². The normalized spacial score (nSPS) is 8.67. The molecule has 0 radical (unpaired) electrons. The second-order valence-corrected chi connectivity index (χ2v) is 2.66. The summed E-state index contributed by atoms with van der Waals surface area (Å²) in [5.41, 5.74) is 0. The highest BCUT2D eigenvalue weighted by Crippen LogP contribution is 1.88. The number of carbonyl (C=O) groups excluding carboxylic acids is 1. The molecule has 0 aliphatic heterocycles. The first-order chi connectivity index (χ1) is 7.11. The minimum atomic E-state index is -1.10. The molecule has 0 saturated heterocycles. The van der Waals surface area contributed by atoms with Crippen LogP contribution in [0.1, 0.15) is 0 Å². The summed E-state index contributed by atoms with van der Waals surface area (Å²) in [6, 6.07) is 0. The molecule has 0 aromatic rings. The lowest BCUT2D eigenvalue weighted by molar-refractivity contribution is -0.143. The van der Waals surface area contributed by atoms with Crippen molar-refractivity contribution < 1.29 is 14.7 Å². The number of hydrogen-bond acceptors (Lipinski definition) is 3. The maximum atomic E-state index is 11.4. The van der Waals surface area contributed by atoms with Crippen molar-refractivity contribution in [2.45, 2.75) is 0 Å². The molecule has 0 saturated carbocycles. The summed E-state index contributed by atoms with van der Waals surface area (Å²) in [6.45, 7) is -0.189. The third kappa shape index (κ3) is 6.14. The van der Waals surface area contributed by atoms with E-state index in [0.717, 1.165) is 4.90 Å². The predicted molar refractivity (Wildman–Crippen MR) is 54.8 cm³/mol. The lowest BCUT2D eigenvalue weighted by Crippen LogP contribution is -2.41. The third-order valence-corrected chi connectivity index (χ3v) is 1.46. The fourth-order valence-corrected chi connectivity index (χ4v) is 0.859. The quantitative estimate of drug-likeness (QED) is 0.423. The number of aliphatic carboxylic acids is 1. The topological polar surface area (TPSA) is 69.6 Å². The van der Waals surface area contributed by atoms with Gasteiger partial charge in [0.25, 0.3) is 0 Å². The van der Waals surface area contributed by atoms with E-state index in [4.69, 9.17) is 18.0 Å². The van der Waals surface area contributed by atoms with Gasteiger partial charge < -0.3 is 10.0 Å². The number of carbonyl (C=O) groups is 2. The Bertz CT molecular complexity index is 312. The standard InChI is InChI=1S/C10H12N2O3/c1-3-5-11-7-9(13)12(6-4-2)8-10(14)15/h1-2,11H,5-8H2,(H,14,15). The maximum Gasteiger partial charge on any atom is 0.323 e. The Morgan fingerprint density at radius 1 is 1.33 bits per heavy atom. The molecule has 0 atom stereocenters. The van der Waals surface area contributed by atoms with E-state index in [1.54, 1.807) is 0 Å². The van der Waals surface area contributed by atoms with E-state index in [1.165, 1.54) is 0 Å². The number of nitrogens with one attached hydrogen (secondary N) is 1. The second kappa shape index (κ2) is 7.43. The fraction of sp³-hybridized carbons (Fsp3) is 0.400. The van der Waals surface area contributed by atoms with Crippen molar-refractivity contribution in [2.75, 3.05) is 26.2 Å². The Morgan fingerprint density at radius 2 is 2.00 bits per heavy atom. The molecular weight excluding hydrogens is 196 g/mol. The number of terminal acetylenes is 2. The SMILES string of the molecule is C#CCNCC(=O)N(CC#C)CC(=O)O. The predicted octanol–water partition coefficient (Wildman–Crippen LogP) is -1.24. The first-order valence-corrected chi connectivity index (χ1v) is 4.19. The summed E-state index contributed by atoms with van der Waals surface area (Å²) in [5.74, 6) is 3.03. The summed E-state index contributed by atoms with van der Waals surface area (Å²) in [6.07, 6.45) is 9.97. The zero-order valence-corrected chi connectivity index (χ0v) is 8.19. The minimum Gasteiger partial charge on any atom is -0.480 e. The van der Waals surface area contributed by atoms with Gasteiger partial charge in [-0.3, -0.25) is 14.9 Å². The van der Waals surface area contributed by atoms with Gasteiger partial charge in [-0.15, -0.1) is 12.8 Å². The van der Waals surface area contributed by atoms with Crippen LogP contribution in [0.5, 0.6) is 0 Å². The number of rotatable bonds is 6. The van der Waals surface area contributed by atoms with E-state index in [2.05, 4.69) is 17.2 Å². The molecule has 0 unspecified atom stereocenters. The third-order valence-electron chi connectivity index (χ3n) is 1.46. The highest BCUT2D eigenvalue weighted by molar-refractivity contribution is 5.83.